The summed E-state index contributed by atoms with van der Waals surface area (Å²) in [6, 6.07) is 9.62. The number of aliphatic hydroxyl groups is 2. The first kappa shape index (κ1) is 24.0. The Balaban J connectivity index is 1.39. The fourth-order valence-corrected chi connectivity index (χ4v) is 5.35. The maximum absolute atomic E-state index is 11.1. The van der Waals surface area contributed by atoms with Crippen molar-refractivity contribution in [3.05, 3.63) is 57.4 Å². The van der Waals surface area contributed by atoms with Gasteiger partial charge in [-0.15, -0.1) is 11.3 Å². The number of aromatic nitrogens is 1. The van der Waals surface area contributed by atoms with Crippen molar-refractivity contribution in [1.29, 1.82) is 0 Å². The van der Waals surface area contributed by atoms with E-state index in [2.05, 4.69) is 21.7 Å². The third-order valence-corrected chi connectivity index (χ3v) is 7.72. The highest BCUT2D eigenvalue weighted by Crippen LogP contribution is 2.40. The minimum absolute atomic E-state index is 0.118. The van der Waals surface area contributed by atoms with Crippen molar-refractivity contribution >= 4 is 33.8 Å². The number of rotatable bonds is 7. The van der Waals surface area contributed by atoms with Gasteiger partial charge in [0.15, 0.2) is 0 Å². The largest absolute Gasteiger partial charge is 0.497 e. The first-order chi connectivity index (χ1) is 16.0. The van der Waals surface area contributed by atoms with E-state index in [0.29, 0.717) is 22.8 Å². The number of pyridine rings is 1. The van der Waals surface area contributed by atoms with Crippen molar-refractivity contribution in [3.63, 3.8) is 0 Å². The maximum atomic E-state index is 11.1. The SMILES string of the molecule is COc1ccc2ncc(Cl)c([C@@H](O)CCC3(CO)CCN(CC#Cc4cccs4)CC3)c2c1. The van der Waals surface area contributed by atoms with Gasteiger partial charge in [-0.2, -0.15) is 0 Å². The first-order valence-electron chi connectivity index (χ1n) is 11.2. The summed E-state index contributed by atoms with van der Waals surface area (Å²) in [6.07, 6.45) is 3.86. The van der Waals surface area contributed by atoms with Crippen LogP contribution in [0.1, 0.15) is 42.2 Å². The molecule has 7 heteroatoms. The van der Waals surface area contributed by atoms with E-state index < -0.39 is 6.10 Å². The average molecular weight is 485 g/mol. The van der Waals surface area contributed by atoms with Crippen LogP contribution in [0.4, 0.5) is 0 Å². The Labute approximate surface area is 204 Å². The van der Waals surface area contributed by atoms with Crippen molar-refractivity contribution in [2.75, 3.05) is 33.4 Å². The van der Waals surface area contributed by atoms with Crippen LogP contribution < -0.4 is 4.74 Å². The fourth-order valence-electron chi connectivity index (χ4n) is 4.48. The van der Waals surface area contributed by atoms with E-state index >= 15 is 0 Å². The quantitative estimate of drug-likeness (QED) is 0.467. The van der Waals surface area contributed by atoms with Crippen LogP contribution in [0.3, 0.4) is 0 Å². The number of ether oxygens (including phenoxy) is 1. The van der Waals surface area contributed by atoms with E-state index in [0.717, 1.165) is 54.7 Å². The highest BCUT2D eigenvalue weighted by atomic mass is 35.5. The Bertz CT molecular complexity index is 1130. The molecule has 2 aromatic heterocycles. The number of benzene rings is 1. The van der Waals surface area contributed by atoms with Gasteiger partial charge >= 0.3 is 0 Å². The van der Waals surface area contributed by atoms with Crippen LogP contribution in [0.5, 0.6) is 5.75 Å². The molecule has 5 nitrogen and oxygen atoms in total. The molecule has 1 aliphatic heterocycles. The van der Waals surface area contributed by atoms with Crippen molar-refractivity contribution in [3.8, 4) is 17.6 Å². The lowest BCUT2D eigenvalue weighted by molar-refractivity contribution is 0.0273. The summed E-state index contributed by atoms with van der Waals surface area (Å²) in [5.74, 6) is 7.17. The van der Waals surface area contributed by atoms with Crippen LogP contribution in [0, 0.1) is 17.3 Å². The Morgan fingerprint density at radius 3 is 2.82 bits per heavy atom. The highest BCUT2D eigenvalue weighted by Gasteiger charge is 2.34. The van der Waals surface area contributed by atoms with E-state index in [1.807, 2.05) is 35.7 Å². The van der Waals surface area contributed by atoms with Crippen molar-refractivity contribution in [2.24, 2.45) is 5.41 Å². The molecule has 0 saturated carbocycles. The third-order valence-electron chi connectivity index (χ3n) is 6.64. The van der Waals surface area contributed by atoms with E-state index in [1.165, 1.54) is 0 Å². The number of halogens is 1. The molecular weight excluding hydrogens is 456 g/mol. The van der Waals surface area contributed by atoms with E-state index in [-0.39, 0.29) is 12.0 Å². The summed E-state index contributed by atoms with van der Waals surface area (Å²) in [6.45, 7) is 2.65. The van der Waals surface area contributed by atoms with E-state index in [9.17, 15) is 10.2 Å². The van der Waals surface area contributed by atoms with Gasteiger partial charge in [-0.25, -0.2) is 0 Å². The molecule has 3 heterocycles. The van der Waals surface area contributed by atoms with E-state index in [4.69, 9.17) is 16.3 Å². The standard InChI is InChI=1S/C26H29ClN2O3S/c1-32-19-6-7-23-21(16-19)25(22(27)17-28-23)24(31)8-9-26(18-30)10-13-29(14-11-26)12-2-4-20-5-3-15-33-20/h3,5-7,15-17,24,30-31H,8-14,18H2,1H3/t24-/m0/s1. The molecule has 0 aliphatic carbocycles. The molecule has 33 heavy (non-hydrogen) atoms. The molecule has 1 fully saturated rings. The smallest absolute Gasteiger partial charge is 0.119 e. The minimum Gasteiger partial charge on any atom is -0.497 e. The van der Waals surface area contributed by atoms with Crippen LogP contribution in [0.2, 0.25) is 5.02 Å². The number of hydrogen-bond donors (Lipinski definition) is 2. The summed E-state index contributed by atoms with van der Waals surface area (Å²) in [5.41, 5.74) is 1.25. The van der Waals surface area contributed by atoms with Gasteiger partial charge in [0, 0.05) is 23.8 Å². The molecule has 174 valence electrons. The molecule has 3 aromatic rings. The Hall–Kier alpha value is -2.14. The number of hydrogen-bond acceptors (Lipinski definition) is 6. The lowest BCUT2D eigenvalue weighted by atomic mass is 9.74. The highest BCUT2D eigenvalue weighted by molar-refractivity contribution is 7.10. The van der Waals surface area contributed by atoms with Crippen molar-refractivity contribution < 1.29 is 14.9 Å². The number of fused-ring (bicyclic) bond motifs is 1. The summed E-state index contributed by atoms with van der Waals surface area (Å²) in [4.78, 5) is 7.80. The summed E-state index contributed by atoms with van der Waals surface area (Å²) < 4.78 is 5.35. The molecule has 4 rings (SSSR count). The lowest BCUT2D eigenvalue weighted by Gasteiger charge is -2.40. The molecular formula is C26H29ClN2O3S. The molecule has 0 spiro atoms. The Kier molecular flexibility index (Phi) is 7.90. The van der Waals surface area contributed by atoms with Gasteiger partial charge in [0.05, 0.1) is 35.2 Å². The van der Waals surface area contributed by atoms with Gasteiger partial charge in [0.1, 0.15) is 5.75 Å². The Morgan fingerprint density at radius 2 is 2.12 bits per heavy atom. The molecule has 0 radical (unpaired) electrons. The summed E-state index contributed by atoms with van der Waals surface area (Å²) in [7, 11) is 1.61. The number of piperidine rings is 1. The second-order valence-electron chi connectivity index (χ2n) is 8.67. The second kappa shape index (κ2) is 10.9. The topological polar surface area (TPSA) is 65.8 Å². The fraction of sp³-hybridized carbons (Fsp3) is 0.423. The normalized spacial score (nSPS) is 16.8. The van der Waals surface area contributed by atoms with Gasteiger partial charge < -0.3 is 14.9 Å². The zero-order valence-electron chi connectivity index (χ0n) is 18.8. The zero-order valence-corrected chi connectivity index (χ0v) is 20.3. The number of methoxy groups -OCH3 is 1. The average Bonchev–Trinajstić information content (AvgIpc) is 3.36. The molecule has 1 atom stereocenters. The molecule has 2 N–H and O–H groups in total. The predicted octanol–water partition coefficient (Wildman–Crippen LogP) is 4.90. The maximum Gasteiger partial charge on any atom is 0.119 e. The monoisotopic (exact) mass is 484 g/mol. The molecule has 0 unspecified atom stereocenters. The number of thiophene rings is 1. The third kappa shape index (κ3) is 5.68. The van der Waals surface area contributed by atoms with Crippen molar-refractivity contribution in [2.45, 2.75) is 31.8 Å². The summed E-state index contributed by atoms with van der Waals surface area (Å²) in [5, 5.41) is 24.6. The molecule has 0 amide bonds. The van der Waals surface area contributed by atoms with Crippen LogP contribution in [0.25, 0.3) is 10.9 Å². The van der Waals surface area contributed by atoms with Gasteiger partial charge in [-0.1, -0.05) is 29.5 Å². The van der Waals surface area contributed by atoms with Gasteiger partial charge in [0.25, 0.3) is 0 Å². The Morgan fingerprint density at radius 1 is 1.30 bits per heavy atom. The molecule has 1 aliphatic rings. The number of nitrogens with zero attached hydrogens (tertiary/aromatic N) is 2. The van der Waals surface area contributed by atoms with Crippen LogP contribution in [0.15, 0.2) is 41.9 Å². The zero-order chi connectivity index (χ0) is 23.3. The van der Waals surface area contributed by atoms with Crippen LogP contribution in [-0.4, -0.2) is 53.4 Å². The van der Waals surface area contributed by atoms with Crippen LogP contribution >= 0.6 is 22.9 Å². The van der Waals surface area contributed by atoms with Gasteiger partial charge in [-0.05, 0) is 73.8 Å². The molecule has 1 saturated heterocycles. The van der Waals surface area contributed by atoms with Gasteiger partial charge in [-0.3, -0.25) is 9.88 Å². The first-order valence-corrected chi connectivity index (χ1v) is 12.5. The second-order valence-corrected chi connectivity index (χ2v) is 10.0. The predicted molar refractivity (Wildman–Crippen MR) is 134 cm³/mol. The molecule has 0 bridgehead atoms. The molecule has 1 aromatic carbocycles. The van der Waals surface area contributed by atoms with Crippen LogP contribution in [-0.2, 0) is 0 Å². The number of likely N-dealkylation sites (tertiary alicyclic amines) is 1. The number of aliphatic hydroxyl groups excluding tert-OH is 2. The van der Waals surface area contributed by atoms with Gasteiger partial charge in [0.2, 0.25) is 0 Å². The summed E-state index contributed by atoms with van der Waals surface area (Å²) >= 11 is 8.11. The van der Waals surface area contributed by atoms with Crippen molar-refractivity contribution in [1.82, 2.24) is 9.88 Å². The van der Waals surface area contributed by atoms with E-state index in [1.54, 1.807) is 24.6 Å². The lowest BCUT2D eigenvalue weighted by Crippen LogP contribution is -2.42. The minimum atomic E-state index is -0.742.